The van der Waals surface area contributed by atoms with Gasteiger partial charge in [0.05, 0.1) is 5.92 Å². The Morgan fingerprint density at radius 1 is 0.862 bits per heavy atom. The van der Waals surface area contributed by atoms with Gasteiger partial charge in [0, 0.05) is 10.9 Å². The maximum Gasteiger partial charge on any atom is 0.310 e. The lowest BCUT2D eigenvalue weighted by Crippen LogP contribution is -2.06. The van der Waals surface area contributed by atoms with Crippen LogP contribution in [0.3, 0.4) is 0 Å². The molecular formula is C25H20O4. The summed E-state index contributed by atoms with van der Waals surface area (Å²) in [5, 5.41) is 20.8. The Labute approximate surface area is 168 Å². The van der Waals surface area contributed by atoms with Crippen LogP contribution in [0.2, 0.25) is 0 Å². The lowest BCUT2D eigenvalue weighted by atomic mass is 9.99. The van der Waals surface area contributed by atoms with Crippen molar-refractivity contribution in [3.63, 3.8) is 0 Å². The highest BCUT2D eigenvalue weighted by molar-refractivity contribution is 5.95. The van der Waals surface area contributed by atoms with Gasteiger partial charge in [-0.25, -0.2) is 0 Å². The summed E-state index contributed by atoms with van der Waals surface area (Å²) in [6, 6.07) is 26.2. The molecule has 0 amide bonds. The highest BCUT2D eigenvalue weighted by atomic mass is 16.5. The van der Waals surface area contributed by atoms with Gasteiger partial charge in [-0.2, -0.15) is 0 Å². The number of fused-ring (bicyclic) bond motifs is 1. The van der Waals surface area contributed by atoms with Crippen molar-refractivity contribution in [3.05, 3.63) is 90.5 Å². The smallest absolute Gasteiger partial charge is 0.310 e. The number of hydrogen-bond donors (Lipinski definition) is 2. The van der Waals surface area contributed by atoms with E-state index in [2.05, 4.69) is 0 Å². The molecule has 4 aromatic rings. The molecular weight excluding hydrogens is 364 g/mol. The fourth-order valence-electron chi connectivity index (χ4n) is 3.31. The minimum atomic E-state index is -0.859. The molecule has 0 saturated carbocycles. The number of carboxylic acid groups (broad SMARTS) is 1. The molecule has 4 aromatic carbocycles. The van der Waals surface area contributed by atoms with Crippen molar-refractivity contribution in [2.75, 3.05) is 0 Å². The molecule has 0 aliphatic heterocycles. The van der Waals surface area contributed by atoms with Gasteiger partial charge in [-0.1, -0.05) is 54.6 Å². The van der Waals surface area contributed by atoms with E-state index in [1.54, 1.807) is 43.3 Å². The summed E-state index contributed by atoms with van der Waals surface area (Å²) in [6.45, 7) is 1.66. The van der Waals surface area contributed by atoms with Crippen LogP contribution in [-0.2, 0) is 4.79 Å². The molecule has 2 N–H and O–H groups in total. The highest BCUT2D eigenvalue weighted by Crippen LogP contribution is 2.40. The van der Waals surface area contributed by atoms with E-state index in [1.165, 1.54) is 0 Å². The first-order valence-electron chi connectivity index (χ1n) is 9.35. The van der Waals surface area contributed by atoms with Gasteiger partial charge < -0.3 is 14.9 Å². The lowest BCUT2D eigenvalue weighted by Gasteiger charge is -2.15. The van der Waals surface area contributed by atoms with Crippen molar-refractivity contribution in [1.29, 1.82) is 0 Å². The minimum Gasteiger partial charge on any atom is -0.508 e. The molecule has 29 heavy (non-hydrogen) atoms. The Balaban J connectivity index is 1.78. The predicted molar refractivity (Wildman–Crippen MR) is 114 cm³/mol. The Morgan fingerprint density at radius 2 is 1.55 bits per heavy atom. The largest absolute Gasteiger partial charge is 0.508 e. The molecule has 0 aliphatic rings. The predicted octanol–water partition coefficient (Wildman–Crippen LogP) is 6.19. The number of aliphatic carboxylic acids is 1. The van der Waals surface area contributed by atoms with Gasteiger partial charge in [-0.15, -0.1) is 0 Å². The number of rotatable bonds is 5. The van der Waals surface area contributed by atoms with Crippen molar-refractivity contribution < 1.29 is 19.7 Å². The molecule has 1 atom stereocenters. The van der Waals surface area contributed by atoms with Gasteiger partial charge in [0.25, 0.3) is 0 Å². The van der Waals surface area contributed by atoms with Crippen molar-refractivity contribution in [3.8, 4) is 28.4 Å². The number of benzene rings is 4. The van der Waals surface area contributed by atoms with Gasteiger partial charge in [0.2, 0.25) is 0 Å². The van der Waals surface area contributed by atoms with Gasteiger partial charge >= 0.3 is 5.97 Å². The van der Waals surface area contributed by atoms with Gasteiger partial charge in [-0.3, -0.25) is 4.79 Å². The normalized spacial score (nSPS) is 11.9. The molecule has 0 aromatic heterocycles. The molecule has 4 rings (SSSR count). The summed E-state index contributed by atoms with van der Waals surface area (Å²) in [5.41, 5.74) is 2.56. The second-order valence-corrected chi connectivity index (χ2v) is 6.94. The van der Waals surface area contributed by atoms with Crippen LogP contribution in [0.1, 0.15) is 18.4 Å². The van der Waals surface area contributed by atoms with Crippen molar-refractivity contribution in [2.24, 2.45) is 0 Å². The molecule has 4 nitrogen and oxygen atoms in total. The summed E-state index contributed by atoms with van der Waals surface area (Å²) in [5.74, 6) is 0.118. The van der Waals surface area contributed by atoms with Gasteiger partial charge in [0.15, 0.2) is 0 Å². The summed E-state index contributed by atoms with van der Waals surface area (Å²) in [7, 11) is 0. The summed E-state index contributed by atoms with van der Waals surface area (Å²) >= 11 is 0. The van der Waals surface area contributed by atoms with Gasteiger partial charge in [-0.05, 0) is 53.8 Å². The van der Waals surface area contributed by atoms with E-state index in [0.717, 1.165) is 27.5 Å². The van der Waals surface area contributed by atoms with E-state index in [1.807, 2.05) is 48.5 Å². The van der Waals surface area contributed by atoms with Crippen LogP contribution in [0.5, 0.6) is 17.2 Å². The summed E-state index contributed by atoms with van der Waals surface area (Å²) in [4.78, 5) is 11.2. The first-order valence-corrected chi connectivity index (χ1v) is 9.35. The van der Waals surface area contributed by atoms with Crippen LogP contribution in [0.15, 0.2) is 84.9 Å². The first-order chi connectivity index (χ1) is 14.0. The van der Waals surface area contributed by atoms with Crippen LogP contribution in [0, 0.1) is 0 Å². The van der Waals surface area contributed by atoms with Gasteiger partial charge in [0.1, 0.15) is 17.2 Å². The lowest BCUT2D eigenvalue weighted by molar-refractivity contribution is -0.138. The number of aromatic hydroxyl groups is 1. The zero-order valence-corrected chi connectivity index (χ0v) is 15.9. The van der Waals surface area contributed by atoms with Crippen LogP contribution in [0.25, 0.3) is 21.9 Å². The molecule has 144 valence electrons. The number of ether oxygens (including phenoxy) is 1. The number of phenolic OH excluding ortho intramolecular Hbond substituents is 1. The van der Waals surface area contributed by atoms with Crippen molar-refractivity contribution in [2.45, 2.75) is 12.8 Å². The Hall–Kier alpha value is -3.79. The quantitative estimate of drug-likeness (QED) is 0.430. The number of hydrogen-bond acceptors (Lipinski definition) is 3. The van der Waals surface area contributed by atoms with Crippen LogP contribution >= 0.6 is 0 Å². The van der Waals surface area contributed by atoms with E-state index in [-0.39, 0.29) is 5.75 Å². The monoisotopic (exact) mass is 384 g/mol. The van der Waals surface area contributed by atoms with E-state index in [0.29, 0.717) is 11.5 Å². The standard InChI is InChI=1S/C25H20O4/c1-16(25(27)28)17-8-13-21(14-9-17)29-24-22-5-3-2-4-18(22)10-15-23(24)19-6-11-20(26)12-7-19/h2-16,26H,1H3,(H,27,28). The average molecular weight is 384 g/mol. The summed E-state index contributed by atoms with van der Waals surface area (Å²) in [6.07, 6.45) is 0. The Kier molecular flexibility index (Phi) is 4.92. The zero-order chi connectivity index (χ0) is 20.4. The first kappa shape index (κ1) is 18.6. The SMILES string of the molecule is CC(C(=O)O)c1ccc(Oc2c(-c3ccc(O)cc3)ccc3ccccc23)cc1. The fourth-order valence-corrected chi connectivity index (χ4v) is 3.31. The topological polar surface area (TPSA) is 66.8 Å². The maximum atomic E-state index is 11.2. The highest BCUT2D eigenvalue weighted by Gasteiger charge is 2.15. The third kappa shape index (κ3) is 3.78. The molecule has 0 radical (unpaired) electrons. The van der Waals surface area contributed by atoms with E-state index in [4.69, 9.17) is 4.74 Å². The van der Waals surface area contributed by atoms with Crippen LogP contribution in [-0.4, -0.2) is 16.2 Å². The molecule has 0 spiro atoms. The fraction of sp³-hybridized carbons (Fsp3) is 0.0800. The van der Waals surface area contributed by atoms with Crippen LogP contribution in [0.4, 0.5) is 0 Å². The summed E-state index contributed by atoms with van der Waals surface area (Å²) < 4.78 is 6.29. The number of carbonyl (C=O) groups is 1. The van der Waals surface area contributed by atoms with E-state index < -0.39 is 11.9 Å². The zero-order valence-electron chi connectivity index (χ0n) is 15.9. The van der Waals surface area contributed by atoms with E-state index in [9.17, 15) is 15.0 Å². The Morgan fingerprint density at radius 3 is 2.24 bits per heavy atom. The maximum absolute atomic E-state index is 11.2. The number of carboxylic acids is 1. The number of phenols is 1. The molecule has 0 bridgehead atoms. The molecule has 0 saturated heterocycles. The van der Waals surface area contributed by atoms with E-state index >= 15 is 0 Å². The van der Waals surface area contributed by atoms with Crippen molar-refractivity contribution >= 4 is 16.7 Å². The molecule has 0 heterocycles. The third-order valence-corrected chi connectivity index (χ3v) is 5.03. The second-order valence-electron chi connectivity index (χ2n) is 6.94. The average Bonchev–Trinajstić information content (AvgIpc) is 2.74. The molecule has 0 aliphatic carbocycles. The second kappa shape index (κ2) is 7.68. The Bertz CT molecular complexity index is 1160. The minimum absolute atomic E-state index is 0.208. The molecule has 1 unspecified atom stereocenters. The van der Waals surface area contributed by atoms with Crippen molar-refractivity contribution in [1.82, 2.24) is 0 Å². The third-order valence-electron chi connectivity index (χ3n) is 5.03. The van der Waals surface area contributed by atoms with Crippen LogP contribution < -0.4 is 4.74 Å². The molecule has 0 fully saturated rings. The molecule has 4 heteroatoms.